The molecule has 1 aliphatic rings. The number of carbonyl (C=O) groups excluding carboxylic acids is 1. The fourth-order valence-electron chi connectivity index (χ4n) is 2.65. The quantitative estimate of drug-likeness (QED) is 0.862. The summed E-state index contributed by atoms with van der Waals surface area (Å²) in [5.74, 6) is 0.300. The molecule has 0 radical (unpaired) electrons. The number of halogens is 1. The van der Waals surface area contributed by atoms with Gasteiger partial charge in [-0.05, 0) is 38.3 Å². The highest BCUT2D eigenvalue weighted by Crippen LogP contribution is 2.29. The first kappa shape index (κ1) is 14.4. The Kier molecular flexibility index (Phi) is 4.83. The third-order valence-electron chi connectivity index (χ3n) is 3.66. The summed E-state index contributed by atoms with van der Waals surface area (Å²) in [5, 5.41) is 10.1. The van der Waals surface area contributed by atoms with Crippen molar-refractivity contribution in [2.24, 2.45) is 0 Å². The molecule has 1 N–H and O–H groups in total. The molecule has 0 saturated heterocycles. The van der Waals surface area contributed by atoms with Gasteiger partial charge >= 0.3 is 0 Å². The van der Waals surface area contributed by atoms with Gasteiger partial charge in [-0.15, -0.1) is 11.6 Å². The molecule has 1 fully saturated rings. The summed E-state index contributed by atoms with van der Waals surface area (Å²) in [5.41, 5.74) is 2.01. The van der Waals surface area contributed by atoms with E-state index in [1.54, 1.807) is 4.90 Å². The predicted molar refractivity (Wildman–Crippen MR) is 77.6 cm³/mol. The molecule has 1 aromatic carbocycles. The standard InChI is InChI=1S/C15H20ClNO2/c1-11-5-7-12(8-6-11)17(15(19)9-10-16)13-3-2-4-14(13)18/h5-8,13-14,18H,2-4,9-10H2,1H3. The average Bonchev–Trinajstić information content (AvgIpc) is 2.79. The van der Waals surface area contributed by atoms with Gasteiger partial charge in [-0.2, -0.15) is 0 Å². The van der Waals surface area contributed by atoms with E-state index in [2.05, 4.69) is 0 Å². The van der Waals surface area contributed by atoms with E-state index in [0.29, 0.717) is 12.3 Å². The van der Waals surface area contributed by atoms with Crippen LogP contribution in [0.2, 0.25) is 0 Å². The van der Waals surface area contributed by atoms with Gasteiger partial charge in [-0.25, -0.2) is 0 Å². The zero-order valence-electron chi connectivity index (χ0n) is 11.2. The van der Waals surface area contributed by atoms with Crippen molar-refractivity contribution in [3.8, 4) is 0 Å². The van der Waals surface area contributed by atoms with Gasteiger partial charge in [0.1, 0.15) is 0 Å². The van der Waals surface area contributed by atoms with Crippen LogP contribution in [0.25, 0.3) is 0 Å². The molecule has 3 nitrogen and oxygen atoms in total. The summed E-state index contributed by atoms with van der Waals surface area (Å²) in [7, 11) is 0. The molecule has 1 saturated carbocycles. The largest absolute Gasteiger partial charge is 0.391 e. The van der Waals surface area contributed by atoms with E-state index in [-0.39, 0.29) is 11.9 Å². The number of benzene rings is 1. The molecule has 0 spiro atoms. The average molecular weight is 282 g/mol. The topological polar surface area (TPSA) is 40.5 Å². The highest BCUT2D eigenvalue weighted by atomic mass is 35.5. The van der Waals surface area contributed by atoms with Gasteiger partial charge in [0.25, 0.3) is 0 Å². The van der Waals surface area contributed by atoms with Gasteiger partial charge < -0.3 is 10.0 Å². The third-order valence-corrected chi connectivity index (χ3v) is 3.85. The molecule has 104 valence electrons. The number of carbonyl (C=O) groups is 1. The molecule has 2 rings (SSSR count). The molecule has 1 aliphatic carbocycles. The summed E-state index contributed by atoms with van der Waals surface area (Å²) in [6.07, 6.45) is 2.45. The van der Waals surface area contributed by atoms with Crippen molar-refractivity contribution in [1.82, 2.24) is 0 Å². The molecular weight excluding hydrogens is 262 g/mol. The van der Waals surface area contributed by atoms with E-state index in [1.165, 1.54) is 0 Å². The number of nitrogens with zero attached hydrogens (tertiary/aromatic N) is 1. The second kappa shape index (κ2) is 6.40. The lowest BCUT2D eigenvalue weighted by Gasteiger charge is -2.31. The van der Waals surface area contributed by atoms with Crippen molar-refractivity contribution >= 4 is 23.2 Å². The molecule has 4 heteroatoms. The molecule has 0 bridgehead atoms. The number of rotatable bonds is 4. The van der Waals surface area contributed by atoms with Crippen LogP contribution in [0.1, 0.15) is 31.2 Å². The number of hydrogen-bond donors (Lipinski definition) is 1. The minimum atomic E-state index is -0.430. The fourth-order valence-corrected chi connectivity index (χ4v) is 2.81. The molecule has 0 aromatic heterocycles. The van der Waals surface area contributed by atoms with Gasteiger partial charge in [0, 0.05) is 18.0 Å². The molecule has 0 aliphatic heterocycles. The van der Waals surface area contributed by atoms with Crippen molar-refractivity contribution in [3.05, 3.63) is 29.8 Å². The first-order chi connectivity index (χ1) is 9.13. The zero-order chi connectivity index (χ0) is 13.8. The van der Waals surface area contributed by atoms with Crippen LogP contribution in [0.3, 0.4) is 0 Å². The van der Waals surface area contributed by atoms with Crippen molar-refractivity contribution in [2.45, 2.75) is 44.8 Å². The maximum atomic E-state index is 12.3. The SMILES string of the molecule is Cc1ccc(N(C(=O)CCCl)C2CCCC2O)cc1. The minimum Gasteiger partial charge on any atom is -0.391 e. The molecular formula is C15H20ClNO2. The second-order valence-electron chi connectivity index (χ2n) is 5.10. The monoisotopic (exact) mass is 281 g/mol. The van der Waals surface area contributed by atoms with E-state index < -0.39 is 6.10 Å². The van der Waals surface area contributed by atoms with Crippen LogP contribution >= 0.6 is 11.6 Å². The predicted octanol–water partition coefficient (Wildman–Crippen LogP) is 2.87. The van der Waals surface area contributed by atoms with Gasteiger partial charge in [0.2, 0.25) is 5.91 Å². The highest BCUT2D eigenvalue weighted by molar-refractivity contribution is 6.19. The summed E-state index contributed by atoms with van der Waals surface area (Å²) >= 11 is 5.69. The Bertz CT molecular complexity index is 432. The Balaban J connectivity index is 2.28. The van der Waals surface area contributed by atoms with Crippen LogP contribution in [0.4, 0.5) is 5.69 Å². The Morgan fingerprint density at radius 1 is 1.37 bits per heavy atom. The normalized spacial score (nSPS) is 22.5. The first-order valence-corrected chi connectivity index (χ1v) is 7.29. The van der Waals surface area contributed by atoms with E-state index in [1.807, 2.05) is 31.2 Å². The molecule has 1 aromatic rings. The van der Waals surface area contributed by atoms with Crippen LogP contribution in [-0.4, -0.2) is 29.0 Å². The number of aliphatic hydroxyl groups excluding tert-OH is 1. The Morgan fingerprint density at radius 3 is 2.58 bits per heavy atom. The third kappa shape index (κ3) is 3.28. The summed E-state index contributed by atoms with van der Waals surface area (Å²) in [6.45, 7) is 2.01. The van der Waals surface area contributed by atoms with E-state index in [4.69, 9.17) is 11.6 Å². The highest BCUT2D eigenvalue weighted by Gasteiger charge is 2.34. The second-order valence-corrected chi connectivity index (χ2v) is 5.48. The van der Waals surface area contributed by atoms with Crippen LogP contribution in [0.15, 0.2) is 24.3 Å². The maximum Gasteiger partial charge on any atom is 0.228 e. The van der Waals surface area contributed by atoms with Crippen LogP contribution in [0, 0.1) is 6.92 Å². The summed E-state index contributed by atoms with van der Waals surface area (Å²) in [4.78, 5) is 14.0. The first-order valence-electron chi connectivity index (χ1n) is 6.76. The zero-order valence-corrected chi connectivity index (χ0v) is 11.9. The number of aryl methyl sites for hydroxylation is 1. The fraction of sp³-hybridized carbons (Fsp3) is 0.533. The molecule has 0 heterocycles. The van der Waals surface area contributed by atoms with E-state index in [0.717, 1.165) is 30.5 Å². The van der Waals surface area contributed by atoms with Gasteiger partial charge in [-0.1, -0.05) is 17.7 Å². The van der Waals surface area contributed by atoms with Crippen molar-refractivity contribution in [1.29, 1.82) is 0 Å². The molecule has 2 atom stereocenters. The molecule has 19 heavy (non-hydrogen) atoms. The minimum absolute atomic E-state index is 0.00944. The van der Waals surface area contributed by atoms with E-state index in [9.17, 15) is 9.90 Å². The Hall–Kier alpha value is -1.06. The van der Waals surface area contributed by atoms with Crippen molar-refractivity contribution in [3.63, 3.8) is 0 Å². The number of aliphatic hydroxyl groups is 1. The Morgan fingerprint density at radius 2 is 2.05 bits per heavy atom. The number of alkyl halides is 1. The lowest BCUT2D eigenvalue weighted by Crippen LogP contribution is -2.44. The van der Waals surface area contributed by atoms with Gasteiger partial charge in [-0.3, -0.25) is 4.79 Å². The maximum absolute atomic E-state index is 12.3. The van der Waals surface area contributed by atoms with Crippen LogP contribution in [-0.2, 0) is 4.79 Å². The number of amides is 1. The van der Waals surface area contributed by atoms with E-state index >= 15 is 0 Å². The lowest BCUT2D eigenvalue weighted by molar-refractivity contribution is -0.119. The molecule has 2 unspecified atom stereocenters. The smallest absolute Gasteiger partial charge is 0.228 e. The van der Waals surface area contributed by atoms with Crippen LogP contribution in [0.5, 0.6) is 0 Å². The summed E-state index contributed by atoms with van der Waals surface area (Å²) in [6, 6.07) is 7.73. The Labute approximate surface area is 119 Å². The van der Waals surface area contributed by atoms with Crippen molar-refractivity contribution in [2.75, 3.05) is 10.8 Å². The van der Waals surface area contributed by atoms with Gasteiger partial charge in [0.05, 0.1) is 12.1 Å². The van der Waals surface area contributed by atoms with Gasteiger partial charge in [0.15, 0.2) is 0 Å². The number of anilines is 1. The van der Waals surface area contributed by atoms with Crippen molar-refractivity contribution < 1.29 is 9.90 Å². The lowest BCUT2D eigenvalue weighted by atomic mass is 10.1. The van der Waals surface area contributed by atoms with Crippen LogP contribution < -0.4 is 4.90 Å². The molecule has 1 amide bonds. The summed E-state index contributed by atoms with van der Waals surface area (Å²) < 4.78 is 0. The number of hydrogen-bond acceptors (Lipinski definition) is 2.